The molecule has 0 fully saturated rings. The number of anilines is 1. The Morgan fingerprint density at radius 3 is 2.11 bits per heavy atom. The number of benzene rings is 1. The lowest BCUT2D eigenvalue weighted by molar-refractivity contribution is -0.143. The number of unbranched alkanes of at least 4 members (excludes halogenated alkanes) is 1. The lowest BCUT2D eigenvalue weighted by atomic mass is 10.1. The molecule has 28 heavy (non-hydrogen) atoms. The Balaban J connectivity index is 2.37. The van der Waals surface area contributed by atoms with Crippen LogP contribution in [0, 0.1) is 0 Å². The summed E-state index contributed by atoms with van der Waals surface area (Å²) in [6.45, 7) is 2.09. The Morgan fingerprint density at radius 2 is 1.61 bits per heavy atom. The molecule has 2 rings (SSSR count). The van der Waals surface area contributed by atoms with Gasteiger partial charge in [-0.1, -0.05) is 13.3 Å². The largest absolute Gasteiger partial charge is 0.416 e. The van der Waals surface area contributed by atoms with Crippen molar-refractivity contribution in [2.45, 2.75) is 38.7 Å². The quantitative estimate of drug-likeness (QED) is 0.751. The van der Waals surface area contributed by atoms with Crippen molar-refractivity contribution >= 4 is 11.6 Å². The molecule has 1 heterocycles. The molecule has 0 unspecified atom stereocenters. The molecule has 1 N–H and O–H groups in total. The number of hydrogen-bond acceptors (Lipinski definition) is 3. The van der Waals surface area contributed by atoms with E-state index in [4.69, 9.17) is 0 Å². The summed E-state index contributed by atoms with van der Waals surface area (Å²) in [7, 11) is 0. The van der Waals surface area contributed by atoms with Crippen LogP contribution in [0.3, 0.4) is 0 Å². The summed E-state index contributed by atoms with van der Waals surface area (Å²) in [4.78, 5) is 23.9. The summed E-state index contributed by atoms with van der Waals surface area (Å²) >= 11 is 0. The van der Waals surface area contributed by atoms with Gasteiger partial charge in [0.15, 0.2) is 0 Å². The van der Waals surface area contributed by atoms with Crippen molar-refractivity contribution in [2.24, 2.45) is 0 Å². The zero-order valence-electron chi connectivity index (χ0n) is 14.5. The minimum absolute atomic E-state index is 0.0428. The van der Waals surface area contributed by atoms with Crippen molar-refractivity contribution in [1.82, 2.24) is 9.78 Å². The van der Waals surface area contributed by atoms with Gasteiger partial charge in [-0.2, -0.15) is 31.4 Å². The first-order valence-electron chi connectivity index (χ1n) is 8.11. The van der Waals surface area contributed by atoms with Gasteiger partial charge in [-0.15, -0.1) is 0 Å². The fraction of sp³-hybridized carbons (Fsp3) is 0.353. The average Bonchev–Trinajstić information content (AvgIpc) is 2.59. The van der Waals surface area contributed by atoms with E-state index >= 15 is 0 Å². The number of hydrogen-bond donors (Lipinski definition) is 1. The first-order valence-corrected chi connectivity index (χ1v) is 8.11. The first-order chi connectivity index (χ1) is 12.9. The fourth-order valence-corrected chi connectivity index (χ4v) is 2.26. The molecule has 0 radical (unpaired) electrons. The summed E-state index contributed by atoms with van der Waals surface area (Å²) in [5.74, 6) is -1.04. The van der Waals surface area contributed by atoms with E-state index in [1.807, 2.05) is 12.2 Å². The zero-order chi connectivity index (χ0) is 21.1. The minimum Gasteiger partial charge on any atom is -0.321 e. The van der Waals surface area contributed by atoms with Crippen LogP contribution in [0.5, 0.6) is 0 Å². The lowest BCUT2D eigenvalue weighted by Crippen LogP contribution is -2.26. The van der Waals surface area contributed by atoms with Crippen LogP contribution in [0.2, 0.25) is 0 Å². The number of nitrogens with zero attached hydrogens (tertiary/aromatic N) is 2. The normalized spacial score (nSPS) is 12.1. The summed E-state index contributed by atoms with van der Waals surface area (Å²) in [5, 5.41) is 5.77. The van der Waals surface area contributed by atoms with Crippen molar-refractivity contribution in [3.05, 3.63) is 57.5 Å². The second-order valence-corrected chi connectivity index (χ2v) is 5.88. The van der Waals surface area contributed by atoms with Crippen LogP contribution in [0.25, 0.3) is 0 Å². The predicted octanol–water partition coefficient (Wildman–Crippen LogP) is 4.33. The maximum Gasteiger partial charge on any atom is 0.416 e. The molecule has 0 spiro atoms. The molecule has 1 aromatic heterocycles. The molecular weight excluding hydrogens is 392 g/mol. The monoisotopic (exact) mass is 407 g/mol. The number of alkyl halides is 6. The molecule has 0 aliphatic heterocycles. The predicted molar refractivity (Wildman–Crippen MR) is 87.8 cm³/mol. The van der Waals surface area contributed by atoms with Crippen LogP contribution in [0.15, 0.2) is 35.1 Å². The molecule has 5 nitrogen and oxygen atoms in total. The van der Waals surface area contributed by atoms with Crippen LogP contribution in [0.1, 0.15) is 41.4 Å². The average molecular weight is 407 g/mol. The Morgan fingerprint density at radius 1 is 1.04 bits per heavy atom. The summed E-state index contributed by atoms with van der Waals surface area (Å²) in [6, 6.07) is 2.82. The van der Waals surface area contributed by atoms with Gasteiger partial charge < -0.3 is 5.32 Å². The maximum absolute atomic E-state index is 12.9. The van der Waals surface area contributed by atoms with Crippen LogP contribution in [0.4, 0.5) is 32.0 Å². The van der Waals surface area contributed by atoms with Gasteiger partial charge in [0.25, 0.3) is 11.5 Å². The van der Waals surface area contributed by atoms with E-state index in [1.165, 1.54) is 0 Å². The highest BCUT2D eigenvalue weighted by atomic mass is 19.4. The zero-order valence-corrected chi connectivity index (χ0v) is 14.5. The van der Waals surface area contributed by atoms with Gasteiger partial charge in [-0.25, -0.2) is 4.68 Å². The van der Waals surface area contributed by atoms with Crippen molar-refractivity contribution < 1.29 is 31.1 Å². The lowest BCUT2D eigenvalue weighted by Gasteiger charge is -2.14. The van der Waals surface area contributed by atoms with E-state index in [0.29, 0.717) is 18.6 Å². The molecular formula is C17H15F6N3O2. The van der Waals surface area contributed by atoms with Crippen molar-refractivity contribution in [3.63, 3.8) is 0 Å². The van der Waals surface area contributed by atoms with Crippen LogP contribution in [-0.4, -0.2) is 15.7 Å². The standard InChI is InChI=1S/C17H15F6N3O2/c1-2-3-6-26-14(27)5-4-13(25-26)15(28)24-12-8-10(16(18,19)20)7-11(9-12)17(21,22)23/h4-5,7-9H,2-3,6H2,1H3,(H,24,28). The molecule has 0 bridgehead atoms. The SMILES string of the molecule is CCCCn1nc(C(=O)Nc2cc(C(F)(F)F)cc(C(F)(F)F)c2)ccc1=O. The molecule has 2 aromatic rings. The van der Waals surface area contributed by atoms with Gasteiger partial charge in [-0.05, 0) is 30.7 Å². The highest BCUT2D eigenvalue weighted by molar-refractivity contribution is 6.02. The molecule has 152 valence electrons. The minimum atomic E-state index is -5.04. The van der Waals surface area contributed by atoms with Gasteiger partial charge in [0, 0.05) is 18.3 Å². The third-order valence-electron chi connectivity index (χ3n) is 3.67. The molecule has 0 saturated carbocycles. The molecule has 0 aliphatic carbocycles. The summed E-state index contributed by atoms with van der Waals surface area (Å²) < 4.78 is 78.3. The smallest absolute Gasteiger partial charge is 0.321 e. The number of aromatic nitrogens is 2. The van der Waals surface area contributed by atoms with Crippen LogP contribution < -0.4 is 10.9 Å². The Hall–Kier alpha value is -2.85. The Labute approximate surface area is 155 Å². The topological polar surface area (TPSA) is 64.0 Å². The van der Waals surface area contributed by atoms with Gasteiger partial charge >= 0.3 is 12.4 Å². The van der Waals surface area contributed by atoms with E-state index in [1.54, 1.807) is 0 Å². The third-order valence-corrected chi connectivity index (χ3v) is 3.67. The van der Waals surface area contributed by atoms with E-state index in [-0.39, 0.29) is 18.3 Å². The van der Waals surface area contributed by atoms with E-state index in [0.717, 1.165) is 23.2 Å². The number of halogens is 6. The number of nitrogens with one attached hydrogen (secondary N) is 1. The highest BCUT2D eigenvalue weighted by Crippen LogP contribution is 2.37. The van der Waals surface area contributed by atoms with Crippen molar-refractivity contribution in [1.29, 1.82) is 0 Å². The second kappa shape index (κ2) is 8.03. The van der Waals surface area contributed by atoms with E-state index in [2.05, 4.69) is 5.10 Å². The number of amides is 1. The van der Waals surface area contributed by atoms with Gasteiger partial charge in [-0.3, -0.25) is 9.59 Å². The van der Waals surface area contributed by atoms with Gasteiger partial charge in [0.1, 0.15) is 5.69 Å². The molecule has 1 aromatic carbocycles. The fourth-order valence-electron chi connectivity index (χ4n) is 2.26. The second-order valence-electron chi connectivity index (χ2n) is 5.88. The van der Waals surface area contributed by atoms with E-state index in [9.17, 15) is 35.9 Å². The maximum atomic E-state index is 12.9. The van der Waals surface area contributed by atoms with E-state index < -0.39 is 40.6 Å². The number of aryl methyl sites for hydroxylation is 1. The molecule has 1 amide bonds. The summed E-state index contributed by atoms with van der Waals surface area (Å²) in [6.07, 6.45) is -8.73. The van der Waals surface area contributed by atoms with Crippen LogP contribution >= 0.6 is 0 Å². The third kappa shape index (κ3) is 5.33. The highest BCUT2D eigenvalue weighted by Gasteiger charge is 2.37. The number of carbonyl (C=O) groups excluding carboxylic acids is 1. The van der Waals surface area contributed by atoms with Gasteiger partial charge in [0.05, 0.1) is 11.1 Å². The van der Waals surface area contributed by atoms with Crippen molar-refractivity contribution in [2.75, 3.05) is 5.32 Å². The number of carbonyl (C=O) groups is 1. The van der Waals surface area contributed by atoms with Crippen LogP contribution in [-0.2, 0) is 18.9 Å². The number of rotatable bonds is 5. The molecule has 0 aliphatic rings. The molecule has 0 saturated heterocycles. The summed E-state index contributed by atoms with van der Waals surface area (Å²) in [5.41, 5.74) is -4.61. The Kier molecular flexibility index (Phi) is 6.15. The Bertz CT molecular complexity index is 886. The molecule has 11 heteroatoms. The van der Waals surface area contributed by atoms with Crippen molar-refractivity contribution in [3.8, 4) is 0 Å². The van der Waals surface area contributed by atoms with Gasteiger partial charge in [0.2, 0.25) is 0 Å². The first kappa shape index (κ1) is 21.5. The molecule has 0 atom stereocenters.